The third kappa shape index (κ3) is 3.53. The lowest BCUT2D eigenvalue weighted by molar-refractivity contribution is -0.136. The highest BCUT2D eigenvalue weighted by molar-refractivity contribution is 7.85. The zero-order chi connectivity index (χ0) is 13.7. The van der Waals surface area contributed by atoms with Crippen LogP contribution in [0.3, 0.4) is 0 Å². The average Bonchev–Trinajstić information content (AvgIpc) is 2.29. The van der Waals surface area contributed by atoms with Crippen molar-refractivity contribution < 1.29 is 23.2 Å². The predicted octanol–water partition coefficient (Wildman–Crippen LogP) is 1.95. The average molecular weight is 274 g/mol. The van der Waals surface area contributed by atoms with Gasteiger partial charge >= 0.3 is 5.97 Å². The molecule has 0 aromatic heterocycles. The van der Waals surface area contributed by atoms with Crippen LogP contribution in [0.25, 0.3) is 0 Å². The smallest absolute Gasteiger partial charge is 0.319 e. The van der Waals surface area contributed by atoms with Crippen LogP contribution in [0.1, 0.15) is 18.9 Å². The summed E-state index contributed by atoms with van der Waals surface area (Å²) in [4.78, 5) is 10.8. The van der Waals surface area contributed by atoms with E-state index in [1.54, 1.807) is 13.0 Å². The molecule has 0 saturated heterocycles. The highest BCUT2D eigenvalue weighted by atomic mass is 32.2. The van der Waals surface area contributed by atoms with Gasteiger partial charge in [-0.2, -0.15) is 0 Å². The van der Waals surface area contributed by atoms with Gasteiger partial charge in [-0.1, -0.05) is 13.0 Å². The first-order valence-corrected chi connectivity index (χ1v) is 6.80. The Morgan fingerprint density at radius 3 is 2.67 bits per heavy atom. The molecule has 1 rings (SSSR count). The Bertz CT molecular complexity index is 461. The van der Waals surface area contributed by atoms with E-state index in [4.69, 9.17) is 9.84 Å². The molecular formula is C12H15FO4S. The maximum atomic E-state index is 13.4. The minimum Gasteiger partial charge on any atom is -0.494 e. The summed E-state index contributed by atoms with van der Waals surface area (Å²) in [5.41, 5.74) is 0.492. The number of aliphatic carboxylic acids is 1. The van der Waals surface area contributed by atoms with Gasteiger partial charge in [0, 0.05) is 16.6 Å². The molecule has 0 aliphatic carbocycles. The van der Waals surface area contributed by atoms with Crippen molar-refractivity contribution in [1.29, 1.82) is 0 Å². The van der Waals surface area contributed by atoms with Crippen LogP contribution in [0.5, 0.6) is 5.75 Å². The molecule has 0 spiro atoms. The van der Waals surface area contributed by atoms with E-state index >= 15 is 0 Å². The molecule has 0 heterocycles. The van der Waals surface area contributed by atoms with Crippen molar-refractivity contribution in [2.45, 2.75) is 24.3 Å². The Kier molecular flexibility index (Phi) is 5.27. The second kappa shape index (κ2) is 6.49. The molecule has 0 fully saturated rings. The number of hydrogen-bond donors (Lipinski definition) is 1. The third-order valence-corrected chi connectivity index (χ3v) is 4.28. The molecule has 1 aromatic rings. The fourth-order valence-electron chi connectivity index (χ4n) is 1.54. The molecule has 1 aromatic carbocycles. The Labute approximate surface area is 107 Å². The summed E-state index contributed by atoms with van der Waals surface area (Å²) < 4.78 is 30.0. The number of carboxylic acid groups (broad SMARTS) is 1. The molecular weight excluding hydrogens is 259 g/mol. The molecule has 0 aliphatic rings. The molecule has 0 bridgehead atoms. The van der Waals surface area contributed by atoms with Crippen LogP contribution in [-0.2, 0) is 21.3 Å². The second-order valence-corrected chi connectivity index (χ2v) is 5.35. The molecule has 18 heavy (non-hydrogen) atoms. The van der Waals surface area contributed by atoms with Crippen molar-refractivity contribution in [1.82, 2.24) is 0 Å². The van der Waals surface area contributed by atoms with Crippen molar-refractivity contribution in [2.24, 2.45) is 0 Å². The Morgan fingerprint density at radius 2 is 2.22 bits per heavy atom. The van der Waals surface area contributed by atoms with Gasteiger partial charge < -0.3 is 9.84 Å². The number of rotatable bonds is 6. The normalized spacial score (nSPS) is 13.9. The summed E-state index contributed by atoms with van der Waals surface area (Å²) in [5.74, 6) is -1.51. The summed E-state index contributed by atoms with van der Waals surface area (Å²) in [6.07, 6.45) is 0.278. The van der Waals surface area contributed by atoms with Gasteiger partial charge in [-0.25, -0.2) is 4.39 Å². The third-order valence-electron chi connectivity index (χ3n) is 2.49. The lowest BCUT2D eigenvalue weighted by Crippen LogP contribution is -2.25. The monoisotopic (exact) mass is 274 g/mol. The van der Waals surface area contributed by atoms with E-state index in [2.05, 4.69) is 0 Å². The highest BCUT2D eigenvalue weighted by Crippen LogP contribution is 2.19. The van der Waals surface area contributed by atoms with Crippen molar-refractivity contribution in [3.05, 3.63) is 29.6 Å². The molecule has 0 amide bonds. The van der Waals surface area contributed by atoms with E-state index in [-0.39, 0.29) is 17.9 Å². The van der Waals surface area contributed by atoms with Crippen molar-refractivity contribution in [3.63, 3.8) is 0 Å². The standard InChI is InChI=1S/C12H15FO4S/c1-3-11(12(14)15)18(16)7-8-4-5-10(17-2)9(13)6-8/h4-6,11H,3,7H2,1-2H3,(H,14,15). The van der Waals surface area contributed by atoms with Gasteiger partial charge in [0.2, 0.25) is 0 Å². The molecule has 100 valence electrons. The molecule has 2 atom stereocenters. The van der Waals surface area contributed by atoms with Crippen LogP contribution in [0.4, 0.5) is 4.39 Å². The Morgan fingerprint density at radius 1 is 1.56 bits per heavy atom. The molecule has 6 heteroatoms. The lowest BCUT2D eigenvalue weighted by atomic mass is 10.2. The number of ether oxygens (including phenoxy) is 1. The first-order valence-electron chi connectivity index (χ1n) is 5.42. The second-order valence-electron chi connectivity index (χ2n) is 3.73. The summed E-state index contributed by atoms with van der Waals surface area (Å²) >= 11 is 0. The van der Waals surface area contributed by atoms with E-state index in [1.165, 1.54) is 19.2 Å². The summed E-state index contributed by atoms with van der Waals surface area (Å²) in [7, 11) is -0.208. The van der Waals surface area contributed by atoms with Crippen molar-refractivity contribution in [3.8, 4) is 5.75 Å². The lowest BCUT2D eigenvalue weighted by Gasteiger charge is -2.10. The zero-order valence-electron chi connectivity index (χ0n) is 10.2. The van der Waals surface area contributed by atoms with Crippen LogP contribution < -0.4 is 4.74 Å². The summed E-state index contributed by atoms with van der Waals surface area (Å²) in [6.45, 7) is 1.66. The number of halogens is 1. The van der Waals surface area contributed by atoms with Crippen LogP contribution in [0.2, 0.25) is 0 Å². The molecule has 0 radical (unpaired) electrons. The Balaban J connectivity index is 2.82. The van der Waals surface area contributed by atoms with Crippen molar-refractivity contribution >= 4 is 16.8 Å². The number of carbonyl (C=O) groups is 1. The molecule has 2 unspecified atom stereocenters. The number of benzene rings is 1. The Hall–Kier alpha value is -1.43. The van der Waals surface area contributed by atoms with Crippen LogP contribution in [0.15, 0.2) is 18.2 Å². The first kappa shape index (κ1) is 14.6. The van der Waals surface area contributed by atoms with Crippen molar-refractivity contribution in [2.75, 3.05) is 7.11 Å². The largest absolute Gasteiger partial charge is 0.494 e. The van der Waals surface area contributed by atoms with Crippen LogP contribution in [0, 0.1) is 5.82 Å². The van der Waals surface area contributed by atoms with Gasteiger partial charge in [-0.05, 0) is 24.1 Å². The highest BCUT2D eigenvalue weighted by Gasteiger charge is 2.22. The van der Waals surface area contributed by atoms with Gasteiger partial charge in [-0.15, -0.1) is 0 Å². The summed E-state index contributed by atoms with van der Waals surface area (Å²) in [6, 6.07) is 4.23. The van der Waals surface area contributed by atoms with E-state index < -0.39 is 27.8 Å². The number of methoxy groups -OCH3 is 1. The topological polar surface area (TPSA) is 63.6 Å². The van der Waals surface area contributed by atoms with E-state index in [0.29, 0.717) is 5.56 Å². The fourth-order valence-corrected chi connectivity index (χ4v) is 2.84. The molecule has 1 N–H and O–H groups in total. The number of hydrogen-bond acceptors (Lipinski definition) is 3. The molecule has 0 aliphatic heterocycles. The quantitative estimate of drug-likeness (QED) is 0.861. The van der Waals surface area contributed by atoms with E-state index in [9.17, 15) is 13.4 Å². The predicted molar refractivity (Wildman–Crippen MR) is 66.5 cm³/mol. The van der Waals surface area contributed by atoms with Gasteiger partial charge in [0.05, 0.1) is 7.11 Å². The minimum atomic E-state index is -1.56. The van der Waals surface area contributed by atoms with Gasteiger partial charge in [-0.3, -0.25) is 9.00 Å². The van der Waals surface area contributed by atoms with Gasteiger partial charge in [0.1, 0.15) is 5.25 Å². The number of carboxylic acids is 1. The van der Waals surface area contributed by atoms with Crippen LogP contribution >= 0.6 is 0 Å². The van der Waals surface area contributed by atoms with E-state index in [0.717, 1.165) is 0 Å². The van der Waals surface area contributed by atoms with E-state index in [1.807, 2.05) is 0 Å². The van der Waals surface area contributed by atoms with Gasteiger partial charge in [0.25, 0.3) is 0 Å². The first-order chi connectivity index (χ1) is 8.49. The van der Waals surface area contributed by atoms with Crippen LogP contribution in [-0.4, -0.2) is 27.6 Å². The maximum Gasteiger partial charge on any atom is 0.319 e. The van der Waals surface area contributed by atoms with Gasteiger partial charge in [0.15, 0.2) is 11.6 Å². The minimum absolute atomic E-state index is 0.0196. The fraction of sp³-hybridized carbons (Fsp3) is 0.417. The molecule has 4 nitrogen and oxygen atoms in total. The molecule has 0 saturated carbocycles. The summed E-state index contributed by atoms with van der Waals surface area (Å²) in [5, 5.41) is 7.95. The zero-order valence-corrected chi connectivity index (χ0v) is 11.0. The SMILES string of the molecule is CCC(C(=O)O)S(=O)Cc1ccc(OC)c(F)c1. The maximum absolute atomic E-state index is 13.4.